The Morgan fingerprint density at radius 2 is 1.40 bits per heavy atom. The highest BCUT2D eigenvalue weighted by Crippen LogP contribution is 2.70. The zero-order valence-corrected chi connectivity index (χ0v) is 39.0. The van der Waals surface area contributed by atoms with E-state index in [1.807, 2.05) is 0 Å². The van der Waals surface area contributed by atoms with Gasteiger partial charge in [0, 0.05) is 52.4 Å². The van der Waals surface area contributed by atoms with Crippen LogP contribution in [0.15, 0.2) is 18.5 Å². The number of aliphatic hydroxyl groups is 2. The molecule has 5 aliphatic rings. The van der Waals surface area contributed by atoms with Crippen molar-refractivity contribution < 1.29 is 106 Å². The number of methoxy groups -OCH3 is 1. The highest BCUT2D eigenvalue weighted by Gasteiger charge is 2.92. The number of hydrogen-bond acceptors (Lipinski definition) is 23. The summed E-state index contributed by atoms with van der Waals surface area (Å²) in [5.74, 6) is -18.1. The fourth-order valence-electron chi connectivity index (χ4n) is 10.6. The predicted octanol–water partition coefficient (Wildman–Crippen LogP) is 0.287. The van der Waals surface area contributed by atoms with Gasteiger partial charge in [0.15, 0.2) is 35.6 Å². The molecular formula is C45H55NO22. The number of Topliss-reactive ketones (excluding diaryl/α,β-unsaturated/α-hetero) is 1. The van der Waals surface area contributed by atoms with Crippen LogP contribution in [-0.2, 0) is 90.5 Å². The van der Waals surface area contributed by atoms with Gasteiger partial charge < -0.3 is 57.6 Å². The lowest BCUT2D eigenvalue weighted by molar-refractivity contribution is -0.387. The number of ether oxygens (including phenoxy) is 10. The average Bonchev–Trinajstić information content (AvgIpc) is 3.48. The van der Waals surface area contributed by atoms with E-state index in [2.05, 4.69) is 4.98 Å². The Bertz CT molecular complexity index is 2290. The van der Waals surface area contributed by atoms with Crippen molar-refractivity contribution in [3.8, 4) is 0 Å². The second kappa shape index (κ2) is 18.4. The lowest BCUT2D eigenvalue weighted by Gasteiger charge is -2.67. The highest BCUT2D eigenvalue weighted by atomic mass is 16.7. The zero-order valence-electron chi connectivity index (χ0n) is 39.0. The second-order valence-corrected chi connectivity index (χ2v) is 18.5. The predicted molar refractivity (Wildman–Crippen MR) is 219 cm³/mol. The molecule has 6 bridgehead atoms. The molecule has 2 N–H and O–H groups in total. The van der Waals surface area contributed by atoms with Crippen molar-refractivity contribution in [2.75, 3.05) is 20.3 Å². The van der Waals surface area contributed by atoms with E-state index in [-0.39, 0.29) is 17.5 Å². The van der Waals surface area contributed by atoms with Crippen LogP contribution in [0.25, 0.3) is 0 Å². The number of fused-ring (bicyclic) bond motifs is 7. The Hall–Kier alpha value is -6.07. The van der Waals surface area contributed by atoms with Crippen molar-refractivity contribution in [1.29, 1.82) is 0 Å². The van der Waals surface area contributed by atoms with Crippen LogP contribution in [0.4, 0.5) is 0 Å². The summed E-state index contributed by atoms with van der Waals surface area (Å²) >= 11 is 0. The Labute approximate surface area is 389 Å². The van der Waals surface area contributed by atoms with E-state index >= 15 is 0 Å². The van der Waals surface area contributed by atoms with Crippen LogP contribution in [0, 0.1) is 23.2 Å². The van der Waals surface area contributed by atoms with Gasteiger partial charge in [0.25, 0.3) is 0 Å². The fourth-order valence-corrected chi connectivity index (χ4v) is 10.6. The first-order chi connectivity index (χ1) is 31.6. The molecule has 2 saturated carbocycles. The van der Waals surface area contributed by atoms with Crippen molar-refractivity contribution in [2.24, 2.45) is 23.2 Å². The lowest BCUT2D eigenvalue weighted by atomic mass is 9.45. The molecule has 4 heterocycles. The van der Waals surface area contributed by atoms with Gasteiger partial charge in [-0.1, -0.05) is 13.8 Å². The van der Waals surface area contributed by atoms with E-state index in [0.29, 0.717) is 0 Å². The Morgan fingerprint density at radius 3 is 2.00 bits per heavy atom. The summed E-state index contributed by atoms with van der Waals surface area (Å²) in [7, 11) is 0.992. The molecule has 4 unspecified atom stereocenters. The zero-order chi connectivity index (χ0) is 50.6. The summed E-state index contributed by atoms with van der Waals surface area (Å²) in [6.45, 7) is 7.30. The van der Waals surface area contributed by atoms with Crippen LogP contribution in [0.1, 0.15) is 103 Å². The SMILES string of the molecule is COC(=O)CC1C(=O)CCC(C)C(=O)O[C@@H]2[C@@H]3[C@@H](OC(C)=O)[C@@]45O[C@@]3(C)COC(=O)c3cnccc3C(C)C(C)(O)C(=O)O[C@@H]([C@H](OC(C)=O)[C@H](OC(C)=O)[C@@]4(COC1=O)[C@@H]2OC(C)=O)[C@@]5(C)O. The highest BCUT2D eigenvalue weighted by molar-refractivity contribution is 6.01. The molecule has 2 spiro atoms. The summed E-state index contributed by atoms with van der Waals surface area (Å²) in [4.78, 5) is 143. The normalized spacial score (nSPS) is 39.3. The molecule has 4 fully saturated rings. The van der Waals surface area contributed by atoms with Gasteiger partial charge in [-0.25, -0.2) is 9.59 Å². The standard InChI is InChI=1S/C45H55NO22/c1-19-11-12-28(51)26(15-29(52)59-10)38(54)61-18-44-35(64-23(5)49)31(66-37(19)53)30-33(63-22(4)48)45(44)43(9,58)34(32(62-21(3)47)36(44)65-24(6)50)67-40(56)42(8,57)20(2)25-13-14-46-16-27(25)39(55)60-17-41(30,7)68-45/h13-14,16,19-20,26,30-36,57-58H,11-12,15,17-18H2,1-10H3/t19?,20?,26?,30-,31-,32+,33-,34+,35-,36+,41+,42?,43-,44-,45+/m1/s1. The van der Waals surface area contributed by atoms with Crippen molar-refractivity contribution in [1.82, 2.24) is 4.98 Å². The topological polar surface area (TPSA) is 316 Å². The van der Waals surface area contributed by atoms with E-state index in [1.165, 1.54) is 33.0 Å². The first-order valence-electron chi connectivity index (χ1n) is 21.7. The first-order valence-corrected chi connectivity index (χ1v) is 21.7. The van der Waals surface area contributed by atoms with Crippen LogP contribution >= 0.6 is 0 Å². The maximum Gasteiger partial charge on any atom is 0.340 e. The number of ketones is 1. The lowest BCUT2D eigenvalue weighted by Crippen LogP contribution is -2.89. The average molecular weight is 962 g/mol. The molecule has 15 atom stereocenters. The third kappa shape index (κ3) is 8.34. The smallest absolute Gasteiger partial charge is 0.340 e. The van der Waals surface area contributed by atoms with E-state index in [9.17, 15) is 58.2 Å². The van der Waals surface area contributed by atoms with Crippen LogP contribution in [0.5, 0.6) is 0 Å². The molecule has 23 heteroatoms. The van der Waals surface area contributed by atoms with E-state index in [0.717, 1.165) is 54.8 Å². The number of pyridine rings is 1. The van der Waals surface area contributed by atoms with Gasteiger partial charge in [-0.05, 0) is 38.8 Å². The van der Waals surface area contributed by atoms with E-state index in [4.69, 9.17) is 47.4 Å². The summed E-state index contributed by atoms with van der Waals surface area (Å²) in [5, 5.41) is 25.8. The minimum atomic E-state index is -3.10. The molecule has 0 amide bonds. The molecule has 2 saturated heterocycles. The molecule has 2 aliphatic carbocycles. The van der Waals surface area contributed by atoms with Gasteiger partial charge in [-0.15, -0.1) is 0 Å². The third-order valence-corrected chi connectivity index (χ3v) is 14.0. The monoisotopic (exact) mass is 961 g/mol. The molecular weight excluding hydrogens is 906 g/mol. The molecule has 0 radical (unpaired) electrons. The minimum Gasteiger partial charge on any atom is -0.469 e. The largest absolute Gasteiger partial charge is 0.469 e. The minimum absolute atomic E-state index is 0.0150. The molecule has 23 nitrogen and oxygen atoms in total. The molecule has 68 heavy (non-hydrogen) atoms. The van der Waals surface area contributed by atoms with Crippen molar-refractivity contribution in [3.63, 3.8) is 0 Å². The van der Waals surface area contributed by atoms with Gasteiger partial charge >= 0.3 is 53.7 Å². The van der Waals surface area contributed by atoms with Gasteiger partial charge in [-0.2, -0.15) is 0 Å². The molecule has 6 rings (SSSR count). The number of esters is 9. The van der Waals surface area contributed by atoms with Gasteiger partial charge in [0.1, 0.15) is 53.7 Å². The van der Waals surface area contributed by atoms with Gasteiger partial charge in [0.05, 0.1) is 30.9 Å². The summed E-state index contributed by atoms with van der Waals surface area (Å²) < 4.78 is 60.1. The Balaban J connectivity index is 1.82. The number of nitrogens with zero attached hydrogens (tertiary/aromatic N) is 1. The Morgan fingerprint density at radius 1 is 0.794 bits per heavy atom. The number of cyclic esters (lactones) is 2. The number of carbonyl (C=O) groups excluding carboxylic acids is 10. The van der Waals surface area contributed by atoms with Crippen molar-refractivity contribution >= 4 is 59.5 Å². The molecule has 3 aliphatic heterocycles. The summed E-state index contributed by atoms with van der Waals surface area (Å²) in [6.07, 6.45) is -12.8. The van der Waals surface area contributed by atoms with Crippen LogP contribution in [0.2, 0.25) is 0 Å². The van der Waals surface area contributed by atoms with Gasteiger partial charge in [0.2, 0.25) is 0 Å². The number of carbonyl (C=O) groups is 10. The van der Waals surface area contributed by atoms with Crippen LogP contribution in [-0.4, -0.2) is 154 Å². The fraction of sp³-hybridized carbons (Fsp3) is 0.667. The second-order valence-electron chi connectivity index (χ2n) is 18.5. The summed E-state index contributed by atoms with van der Waals surface area (Å²) in [5.41, 5.74) is -14.2. The van der Waals surface area contributed by atoms with E-state index in [1.54, 1.807) is 0 Å². The molecule has 372 valence electrons. The van der Waals surface area contributed by atoms with Gasteiger partial charge in [-0.3, -0.25) is 43.3 Å². The number of rotatable bonds is 6. The first kappa shape index (κ1) is 51.3. The van der Waals surface area contributed by atoms with Crippen molar-refractivity contribution in [2.45, 2.75) is 147 Å². The maximum atomic E-state index is 14.7. The summed E-state index contributed by atoms with van der Waals surface area (Å²) in [6, 6.07) is 1.32. The maximum absolute atomic E-state index is 14.7. The molecule has 1 aromatic heterocycles. The van der Waals surface area contributed by atoms with Crippen molar-refractivity contribution in [3.05, 3.63) is 29.6 Å². The van der Waals surface area contributed by atoms with E-state index < -0.39 is 174 Å². The van der Waals surface area contributed by atoms with Crippen LogP contribution < -0.4 is 0 Å². The Kier molecular flexibility index (Phi) is 13.9. The van der Waals surface area contributed by atoms with Crippen LogP contribution in [0.3, 0.4) is 0 Å². The molecule has 0 aromatic carbocycles. The molecule has 1 aromatic rings. The number of hydrogen-bond donors (Lipinski definition) is 2. The quantitative estimate of drug-likeness (QED) is 0.220. The number of aromatic nitrogens is 1. The third-order valence-electron chi connectivity index (χ3n) is 14.0.